The van der Waals surface area contributed by atoms with Gasteiger partial charge in [0.2, 0.25) is 0 Å². The molecule has 0 aromatic rings. The zero-order valence-electron chi connectivity index (χ0n) is 13.2. The second-order valence-electron chi connectivity index (χ2n) is 7.00. The van der Waals surface area contributed by atoms with E-state index in [1.807, 2.05) is 27.7 Å². The first-order valence-electron chi connectivity index (χ1n) is 7.56. The lowest BCUT2D eigenvalue weighted by Gasteiger charge is -2.37. The Morgan fingerprint density at radius 3 is 2.15 bits per heavy atom. The van der Waals surface area contributed by atoms with Crippen molar-refractivity contribution in [2.24, 2.45) is 5.92 Å². The van der Waals surface area contributed by atoms with Gasteiger partial charge in [-0.05, 0) is 27.7 Å². The van der Waals surface area contributed by atoms with E-state index in [1.54, 1.807) is 0 Å². The van der Waals surface area contributed by atoms with Crippen molar-refractivity contribution in [2.75, 3.05) is 45.9 Å². The molecular weight excluding hydrogens is 256 g/mol. The molecule has 0 saturated carbocycles. The maximum atomic E-state index is 12.5. The topological polar surface area (TPSA) is 53.0 Å². The zero-order valence-corrected chi connectivity index (χ0v) is 13.2. The van der Waals surface area contributed by atoms with Gasteiger partial charge in [0.1, 0.15) is 5.60 Å². The SMILES string of the molecule is CC1(C)OC(C)(C)C(CN2CCN(CCO)CC2)C1=O. The number of ether oxygens (including phenoxy) is 1. The molecular formula is C15H28N2O3. The molecule has 2 aliphatic rings. The van der Waals surface area contributed by atoms with Crippen LogP contribution in [-0.2, 0) is 9.53 Å². The fourth-order valence-electron chi connectivity index (χ4n) is 3.41. The number of piperazine rings is 1. The third-order valence-corrected chi connectivity index (χ3v) is 4.59. The number of ketones is 1. The number of aliphatic hydroxyl groups is 1. The molecule has 5 nitrogen and oxygen atoms in total. The summed E-state index contributed by atoms with van der Waals surface area (Å²) in [5.41, 5.74) is -1.05. The molecule has 1 N–H and O–H groups in total. The van der Waals surface area contributed by atoms with Crippen LogP contribution in [0.2, 0.25) is 0 Å². The summed E-state index contributed by atoms with van der Waals surface area (Å²) in [6, 6.07) is 0. The zero-order chi connectivity index (χ0) is 15.0. The first-order valence-corrected chi connectivity index (χ1v) is 7.56. The highest BCUT2D eigenvalue weighted by Crippen LogP contribution is 2.39. The first kappa shape index (κ1) is 15.9. The number of aliphatic hydroxyl groups excluding tert-OH is 1. The van der Waals surface area contributed by atoms with E-state index in [2.05, 4.69) is 9.80 Å². The molecule has 0 amide bonds. The Balaban J connectivity index is 1.92. The smallest absolute Gasteiger partial charge is 0.171 e. The summed E-state index contributed by atoms with van der Waals surface area (Å²) in [6.07, 6.45) is 0. The van der Waals surface area contributed by atoms with Gasteiger partial charge in [-0.15, -0.1) is 0 Å². The van der Waals surface area contributed by atoms with Gasteiger partial charge in [0, 0.05) is 39.3 Å². The van der Waals surface area contributed by atoms with E-state index >= 15 is 0 Å². The van der Waals surface area contributed by atoms with Crippen molar-refractivity contribution in [3.05, 3.63) is 0 Å². The third-order valence-electron chi connectivity index (χ3n) is 4.59. The number of nitrogens with zero attached hydrogens (tertiary/aromatic N) is 2. The van der Waals surface area contributed by atoms with E-state index in [9.17, 15) is 4.79 Å². The lowest BCUT2D eigenvalue weighted by Crippen LogP contribution is -2.50. The van der Waals surface area contributed by atoms with Gasteiger partial charge >= 0.3 is 0 Å². The molecule has 116 valence electrons. The Hall–Kier alpha value is -0.490. The van der Waals surface area contributed by atoms with Crippen LogP contribution in [0.4, 0.5) is 0 Å². The molecule has 2 fully saturated rings. The van der Waals surface area contributed by atoms with Crippen LogP contribution < -0.4 is 0 Å². The fourth-order valence-corrected chi connectivity index (χ4v) is 3.41. The number of carbonyl (C=O) groups excluding carboxylic acids is 1. The van der Waals surface area contributed by atoms with Crippen molar-refractivity contribution < 1.29 is 14.6 Å². The molecule has 2 heterocycles. The fraction of sp³-hybridized carbons (Fsp3) is 0.933. The molecule has 0 bridgehead atoms. The van der Waals surface area contributed by atoms with Crippen molar-refractivity contribution in [3.8, 4) is 0 Å². The molecule has 2 saturated heterocycles. The molecule has 2 aliphatic heterocycles. The van der Waals surface area contributed by atoms with Gasteiger partial charge in [-0.3, -0.25) is 14.6 Å². The molecule has 20 heavy (non-hydrogen) atoms. The molecule has 5 heteroatoms. The molecule has 2 rings (SSSR count). The van der Waals surface area contributed by atoms with Gasteiger partial charge in [0.05, 0.1) is 18.1 Å². The third kappa shape index (κ3) is 3.22. The van der Waals surface area contributed by atoms with Crippen molar-refractivity contribution in [1.29, 1.82) is 0 Å². The predicted octanol–water partition coefficient (Wildman–Crippen LogP) is 0.369. The molecule has 1 unspecified atom stereocenters. The predicted molar refractivity (Wildman–Crippen MR) is 77.7 cm³/mol. The summed E-state index contributed by atoms with van der Waals surface area (Å²) in [6.45, 7) is 13.4. The lowest BCUT2D eigenvalue weighted by molar-refractivity contribution is -0.132. The molecule has 0 aliphatic carbocycles. The Kier molecular flexibility index (Phi) is 4.54. The van der Waals surface area contributed by atoms with E-state index in [4.69, 9.17) is 9.84 Å². The largest absolute Gasteiger partial charge is 0.395 e. The quantitative estimate of drug-likeness (QED) is 0.808. The van der Waals surface area contributed by atoms with Crippen molar-refractivity contribution in [2.45, 2.75) is 38.9 Å². The van der Waals surface area contributed by atoms with Crippen LogP contribution in [0, 0.1) is 5.92 Å². The Morgan fingerprint density at radius 1 is 1.15 bits per heavy atom. The Labute approximate surface area is 121 Å². The highest BCUT2D eigenvalue weighted by molar-refractivity contribution is 5.91. The number of rotatable bonds is 4. The van der Waals surface area contributed by atoms with Crippen molar-refractivity contribution >= 4 is 5.78 Å². The maximum Gasteiger partial charge on any atom is 0.171 e. The van der Waals surface area contributed by atoms with Crippen LogP contribution in [-0.4, -0.2) is 77.8 Å². The van der Waals surface area contributed by atoms with E-state index in [1.165, 1.54) is 0 Å². The first-order chi connectivity index (χ1) is 9.26. The minimum Gasteiger partial charge on any atom is -0.395 e. The van der Waals surface area contributed by atoms with E-state index in [0.717, 1.165) is 39.3 Å². The molecule has 0 spiro atoms. The maximum absolute atomic E-state index is 12.5. The van der Waals surface area contributed by atoms with Crippen LogP contribution in [0.15, 0.2) is 0 Å². The standard InChI is InChI=1S/C15H28N2O3/c1-14(2)12(13(19)15(3,4)20-14)11-17-7-5-16(6-8-17)9-10-18/h12,18H,5-11H2,1-4H3. The van der Waals surface area contributed by atoms with Crippen molar-refractivity contribution in [1.82, 2.24) is 9.80 Å². The van der Waals surface area contributed by atoms with Gasteiger partial charge in [-0.2, -0.15) is 0 Å². The Morgan fingerprint density at radius 2 is 1.70 bits per heavy atom. The second kappa shape index (κ2) is 5.72. The average Bonchev–Trinajstić information content (AvgIpc) is 2.50. The van der Waals surface area contributed by atoms with Crippen LogP contribution in [0.3, 0.4) is 0 Å². The summed E-state index contributed by atoms with van der Waals surface area (Å²) in [5, 5.41) is 8.96. The minimum absolute atomic E-state index is 0.0538. The average molecular weight is 284 g/mol. The van der Waals surface area contributed by atoms with E-state index in [-0.39, 0.29) is 23.9 Å². The van der Waals surface area contributed by atoms with Gasteiger partial charge in [-0.1, -0.05) is 0 Å². The number of carbonyl (C=O) groups is 1. The highest BCUT2D eigenvalue weighted by Gasteiger charge is 2.53. The summed E-state index contributed by atoms with van der Waals surface area (Å²) >= 11 is 0. The van der Waals surface area contributed by atoms with E-state index < -0.39 is 5.60 Å². The number of hydrogen-bond donors (Lipinski definition) is 1. The van der Waals surface area contributed by atoms with Gasteiger partial charge in [0.25, 0.3) is 0 Å². The summed E-state index contributed by atoms with van der Waals surface area (Å²) < 4.78 is 5.94. The van der Waals surface area contributed by atoms with Crippen molar-refractivity contribution in [3.63, 3.8) is 0 Å². The number of Topliss-reactive ketones (excluding diaryl/α,β-unsaturated/α-hetero) is 1. The van der Waals surface area contributed by atoms with Crippen LogP contribution in [0.5, 0.6) is 0 Å². The summed E-state index contributed by atoms with van der Waals surface area (Å²) in [5.74, 6) is 0.169. The van der Waals surface area contributed by atoms with E-state index in [0.29, 0.717) is 0 Å². The van der Waals surface area contributed by atoms with Crippen LogP contribution in [0.25, 0.3) is 0 Å². The van der Waals surface area contributed by atoms with Gasteiger partial charge in [-0.25, -0.2) is 0 Å². The normalized spacial score (nSPS) is 30.9. The number of β-amino-alcohol motifs (C(OH)–C–C–N with tert-alkyl or cyclic N) is 1. The second-order valence-corrected chi connectivity index (χ2v) is 7.00. The van der Waals surface area contributed by atoms with Gasteiger partial charge < -0.3 is 9.84 Å². The lowest BCUT2D eigenvalue weighted by atomic mass is 9.85. The van der Waals surface area contributed by atoms with Gasteiger partial charge in [0.15, 0.2) is 5.78 Å². The minimum atomic E-state index is -0.660. The van der Waals surface area contributed by atoms with Crippen LogP contribution in [0.1, 0.15) is 27.7 Å². The molecule has 0 aromatic heterocycles. The molecule has 0 aromatic carbocycles. The summed E-state index contributed by atoms with van der Waals surface area (Å²) in [7, 11) is 0. The van der Waals surface area contributed by atoms with Crippen LogP contribution >= 0.6 is 0 Å². The number of hydrogen-bond acceptors (Lipinski definition) is 5. The molecule has 1 atom stereocenters. The highest BCUT2D eigenvalue weighted by atomic mass is 16.5. The Bertz CT molecular complexity index is 360. The monoisotopic (exact) mass is 284 g/mol. The summed E-state index contributed by atoms with van der Waals surface area (Å²) in [4.78, 5) is 17.1. The molecule has 0 radical (unpaired) electrons.